The third kappa shape index (κ3) is 5.31. The van der Waals surface area contributed by atoms with E-state index in [9.17, 15) is 0 Å². The molecular formula is C22H31N3O3. The molecule has 0 aromatic heterocycles. The second-order valence-corrected chi connectivity index (χ2v) is 6.47. The maximum atomic E-state index is 5.54. The average Bonchev–Trinajstić information content (AvgIpc) is 2.70. The second kappa shape index (κ2) is 10.4. The van der Waals surface area contributed by atoms with Crippen molar-refractivity contribution in [2.45, 2.75) is 33.9 Å². The lowest BCUT2D eigenvalue weighted by atomic mass is 10.1. The number of hydrogen-bond acceptors (Lipinski definition) is 4. The Labute approximate surface area is 167 Å². The van der Waals surface area contributed by atoms with Crippen LogP contribution < -0.4 is 24.8 Å². The van der Waals surface area contributed by atoms with Crippen LogP contribution in [0.2, 0.25) is 0 Å². The summed E-state index contributed by atoms with van der Waals surface area (Å²) in [7, 11) is 4.83. The molecule has 2 aromatic carbocycles. The number of rotatable bonds is 8. The first-order valence-corrected chi connectivity index (χ1v) is 9.40. The zero-order chi connectivity index (χ0) is 20.5. The van der Waals surface area contributed by atoms with Crippen LogP contribution >= 0.6 is 0 Å². The van der Waals surface area contributed by atoms with E-state index in [1.807, 2.05) is 19.1 Å². The van der Waals surface area contributed by atoms with Crippen molar-refractivity contribution in [3.63, 3.8) is 0 Å². The highest BCUT2D eigenvalue weighted by molar-refractivity contribution is 5.79. The van der Waals surface area contributed by atoms with Crippen molar-refractivity contribution in [2.24, 2.45) is 4.99 Å². The summed E-state index contributed by atoms with van der Waals surface area (Å²) in [6.45, 7) is 8.22. The lowest BCUT2D eigenvalue weighted by molar-refractivity contribution is 0.322. The van der Waals surface area contributed by atoms with Gasteiger partial charge in [0.05, 0.1) is 27.9 Å². The zero-order valence-electron chi connectivity index (χ0n) is 17.7. The van der Waals surface area contributed by atoms with Crippen LogP contribution in [-0.4, -0.2) is 33.8 Å². The summed E-state index contributed by atoms with van der Waals surface area (Å²) in [5.74, 6) is 2.59. The maximum Gasteiger partial charge on any atom is 0.203 e. The Kier molecular flexibility index (Phi) is 7.99. The summed E-state index contributed by atoms with van der Waals surface area (Å²) < 4.78 is 16.3. The number of guanidine groups is 1. The van der Waals surface area contributed by atoms with Crippen LogP contribution in [-0.2, 0) is 13.1 Å². The summed E-state index contributed by atoms with van der Waals surface area (Å²) >= 11 is 0. The van der Waals surface area contributed by atoms with Gasteiger partial charge in [0.1, 0.15) is 0 Å². The number of ether oxygens (including phenoxy) is 3. The molecule has 0 fully saturated rings. The normalized spacial score (nSPS) is 11.1. The molecule has 0 unspecified atom stereocenters. The molecular weight excluding hydrogens is 354 g/mol. The van der Waals surface area contributed by atoms with Gasteiger partial charge in [-0.05, 0) is 44.0 Å². The first kappa shape index (κ1) is 21.4. The minimum Gasteiger partial charge on any atom is -0.493 e. The first-order chi connectivity index (χ1) is 13.5. The Bertz CT molecular complexity index is 819. The molecule has 0 radical (unpaired) electrons. The SMILES string of the molecule is CCNC(=NCc1ccc(OC)c(OC)c1OC)NCc1ccc(C)cc1C. The molecule has 2 aromatic rings. The van der Waals surface area contributed by atoms with Crippen LogP contribution in [0, 0.1) is 13.8 Å². The number of methoxy groups -OCH3 is 3. The summed E-state index contributed by atoms with van der Waals surface area (Å²) in [5.41, 5.74) is 4.70. The van der Waals surface area contributed by atoms with Gasteiger partial charge in [0.15, 0.2) is 17.5 Å². The minimum absolute atomic E-state index is 0.450. The highest BCUT2D eigenvalue weighted by Crippen LogP contribution is 2.39. The number of aliphatic imine (C=N–C) groups is 1. The van der Waals surface area contributed by atoms with Crippen LogP contribution in [0.25, 0.3) is 0 Å². The molecule has 0 atom stereocenters. The molecule has 0 aliphatic heterocycles. The molecule has 0 spiro atoms. The summed E-state index contributed by atoms with van der Waals surface area (Å²) in [6, 6.07) is 10.3. The molecule has 2 rings (SSSR count). The van der Waals surface area contributed by atoms with E-state index in [4.69, 9.17) is 19.2 Å². The molecule has 0 heterocycles. The average molecular weight is 386 g/mol. The topological polar surface area (TPSA) is 64.1 Å². The van der Waals surface area contributed by atoms with Gasteiger partial charge in [-0.15, -0.1) is 0 Å². The van der Waals surface area contributed by atoms with Crippen molar-refractivity contribution in [3.05, 3.63) is 52.6 Å². The van der Waals surface area contributed by atoms with E-state index in [2.05, 4.69) is 42.7 Å². The van der Waals surface area contributed by atoms with Crippen molar-refractivity contribution < 1.29 is 14.2 Å². The molecule has 2 N–H and O–H groups in total. The largest absolute Gasteiger partial charge is 0.493 e. The van der Waals surface area contributed by atoms with Gasteiger partial charge in [0, 0.05) is 18.7 Å². The van der Waals surface area contributed by atoms with E-state index in [1.165, 1.54) is 16.7 Å². The quantitative estimate of drug-likeness (QED) is 0.537. The van der Waals surface area contributed by atoms with E-state index >= 15 is 0 Å². The van der Waals surface area contributed by atoms with Crippen molar-refractivity contribution >= 4 is 5.96 Å². The van der Waals surface area contributed by atoms with E-state index in [1.54, 1.807) is 21.3 Å². The predicted molar refractivity (Wildman–Crippen MR) is 114 cm³/mol. The number of hydrogen-bond donors (Lipinski definition) is 2. The lowest BCUT2D eigenvalue weighted by Crippen LogP contribution is -2.37. The van der Waals surface area contributed by atoms with E-state index in [0.29, 0.717) is 30.3 Å². The third-order valence-electron chi connectivity index (χ3n) is 4.48. The van der Waals surface area contributed by atoms with Crippen LogP contribution in [0.5, 0.6) is 17.2 Å². The van der Waals surface area contributed by atoms with E-state index in [-0.39, 0.29) is 0 Å². The molecule has 6 nitrogen and oxygen atoms in total. The molecule has 28 heavy (non-hydrogen) atoms. The minimum atomic E-state index is 0.450. The van der Waals surface area contributed by atoms with Gasteiger partial charge in [-0.25, -0.2) is 4.99 Å². The molecule has 0 bridgehead atoms. The molecule has 0 saturated carbocycles. The Hall–Kier alpha value is -2.89. The van der Waals surface area contributed by atoms with Gasteiger partial charge in [0.25, 0.3) is 0 Å². The molecule has 0 aliphatic rings. The van der Waals surface area contributed by atoms with Gasteiger partial charge in [-0.3, -0.25) is 0 Å². The van der Waals surface area contributed by atoms with Crippen LogP contribution in [0.15, 0.2) is 35.3 Å². The lowest BCUT2D eigenvalue weighted by Gasteiger charge is -2.16. The Morgan fingerprint density at radius 3 is 2.21 bits per heavy atom. The van der Waals surface area contributed by atoms with Gasteiger partial charge < -0.3 is 24.8 Å². The third-order valence-corrected chi connectivity index (χ3v) is 4.48. The monoisotopic (exact) mass is 385 g/mol. The smallest absolute Gasteiger partial charge is 0.203 e. The summed E-state index contributed by atoms with van der Waals surface area (Å²) in [5, 5.41) is 6.68. The molecule has 0 saturated heterocycles. The molecule has 0 aliphatic carbocycles. The molecule has 6 heteroatoms. The fraction of sp³-hybridized carbons (Fsp3) is 0.409. The summed E-state index contributed by atoms with van der Waals surface area (Å²) in [4.78, 5) is 4.70. The van der Waals surface area contributed by atoms with Gasteiger partial charge >= 0.3 is 0 Å². The fourth-order valence-electron chi connectivity index (χ4n) is 3.02. The van der Waals surface area contributed by atoms with Crippen molar-refractivity contribution in [2.75, 3.05) is 27.9 Å². The second-order valence-electron chi connectivity index (χ2n) is 6.47. The number of benzene rings is 2. The van der Waals surface area contributed by atoms with Crippen molar-refractivity contribution in [3.8, 4) is 17.2 Å². The van der Waals surface area contributed by atoms with E-state index < -0.39 is 0 Å². The Morgan fingerprint density at radius 2 is 1.61 bits per heavy atom. The van der Waals surface area contributed by atoms with Crippen LogP contribution in [0.4, 0.5) is 0 Å². The van der Waals surface area contributed by atoms with Crippen molar-refractivity contribution in [1.29, 1.82) is 0 Å². The predicted octanol–water partition coefficient (Wildman–Crippen LogP) is 3.58. The van der Waals surface area contributed by atoms with Crippen LogP contribution in [0.3, 0.4) is 0 Å². The highest BCUT2D eigenvalue weighted by Gasteiger charge is 2.15. The molecule has 152 valence electrons. The fourth-order valence-corrected chi connectivity index (χ4v) is 3.02. The maximum absolute atomic E-state index is 5.54. The van der Waals surface area contributed by atoms with E-state index in [0.717, 1.165) is 18.1 Å². The van der Waals surface area contributed by atoms with Gasteiger partial charge in [0.2, 0.25) is 5.75 Å². The number of aryl methyl sites for hydroxylation is 2. The standard InChI is InChI=1S/C22H31N3O3/c1-7-23-22(24-13-17-9-8-15(2)12-16(17)3)25-14-18-10-11-19(26-4)21(28-6)20(18)27-5/h8-12H,7,13-14H2,1-6H3,(H2,23,24,25). The number of nitrogens with one attached hydrogen (secondary N) is 2. The highest BCUT2D eigenvalue weighted by atomic mass is 16.5. The van der Waals surface area contributed by atoms with Crippen LogP contribution in [0.1, 0.15) is 29.2 Å². The first-order valence-electron chi connectivity index (χ1n) is 9.40. The van der Waals surface area contributed by atoms with Gasteiger partial charge in [-0.2, -0.15) is 0 Å². The Morgan fingerprint density at radius 1 is 0.893 bits per heavy atom. The molecule has 0 amide bonds. The zero-order valence-corrected chi connectivity index (χ0v) is 17.7. The Balaban J connectivity index is 2.18. The van der Waals surface area contributed by atoms with Gasteiger partial charge in [-0.1, -0.05) is 23.8 Å². The summed E-state index contributed by atoms with van der Waals surface area (Å²) in [6.07, 6.45) is 0. The van der Waals surface area contributed by atoms with Crippen molar-refractivity contribution in [1.82, 2.24) is 10.6 Å². The number of nitrogens with zero attached hydrogens (tertiary/aromatic N) is 1.